The molecule has 0 aliphatic carbocycles. The fraction of sp³-hybridized carbons (Fsp3) is 0.857. The quantitative estimate of drug-likeness (QED) is 0.0195. The third-order valence-corrected chi connectivity index (χ3v) is 16.2. The summed E-state index contributed by atoms with van der Waals surface area (Å²) in [6.07, 6.45) is 66.5. The van der Waals surface area contributed by atoms with Gasteiger partial charge in [0.1, 0.15) is 24.4 Å². The normalized spacial score (nSPS) is 18.5. The van der Waals surface area contributed by atoms with Gasteiger partial charge in [-0.05, 0) is 83.5 Å². The topological polar surface area (TPSA) is 175 Å². The molecule has 0 bridgehead atoms. The highest BCUT2D eigenvalue weighted by atomic mass is 16.7. The summed E-state index contributed by atoms with van der Waals surface area (Å²) in [6, 6.07) is -0.814. The van der Waals surface area contributed by atoms with Gasteiger partial charge in [0.05, 0.1) is 32.0 Å². The molecule has 81 heavy (non-hydrogen) atoms. The van der Waals surface area contributed by atoms with Crippen LogP contribution < -0.4 is 5.32 Å². The van der Waals surface area contributed by atoms with Gasteiger partial charge < -0.3 is 45.1 Å². The van der Waals surface area contributed by atoms with Gasteiger partial charge in [-0.1, -0.05) is 274 Å². The number of nitrogens with one attached hydrogen (secondary N) is 1. The van der Waals surface area contributed by atoms with Gasteiger partial charge in [-0.3, -0.25) is 9.59 Å². The number of allylic oxidation sites excluding steroid dienone is 7. The number of unbranched alkanes of at least 4 members (excludes halogenated alkanes) is 40. The molecule has 11 nitrogen and oxygen atoms in total. The molecule has 1 aliphatic heterocycles. The predicted molar refractivity (Wildman–Crippen MR) is 338 cm³/mol. The monoisotopic (exact) mass is 1140 g/mol. The number of aliphatic hydroxyl groups excluding tert-OH is 5. The van der Waals surface area contributed by atoms with Crippen LogP contribution in [-0.2, 0) is 23.8 Å². The smallest absolute Gasteiger partial charge is 0.305 e. The van der Waals surface area contributed by atoms with Gasteiger partial charge in [0.15, 0.2) is 6.29 Å². The highest BCUT2D eigenvalue weighted by Gasteiger charge is 2.44. The van der Waals surface area contributed by atoms with Crippen molar-refractivity contribution >= 4 is 11.9 Å². The first-order chi connectivity index (χ1) is 39.7. The molecule has 1 aliphatic rings. The summed E-state index contributed by atoms with van der Waals surface area (Å²) in [5.74, 6) is -0.193. The molecule has 0 saturated carbocycles. The minimum absolute atomic E-state index is 0.0101. The second-order valence-electron chi connectivity index (χ2n) is 23.9. The maximum absolute atomic E-state index is 13.1. The van der Waals surface area contributed by atoms with E-state index in [-0.39, 0.29) is 18.5 Å². The van der Waals surface area contributed by atoms with Crippen molar-refractivity contribution in [1.82, 2.24) is 5.32 Å². The van der Waals surface area contributed by atoms with Crippen LogP contribution in [0.4, 0.5) is 0 Å². The summed E-state index contributed by atoms with van der Waals surface area (Å²) >= 11 is 0. The van der Waals surface area contributed by atoms with Crippen LogP contribution in [0.3, 0.4) is 0 Å². The Bertz CT molecular complexity index is 1480. The number of carbonyl (C=O) groups is 2. The maximum atomic E-state index is 13.1. The van der Waals surface area contributed by atoms with Crippen molar-refractivity contribution in [2.75, 3.05) is 19.8 Å². The van der Waals surface area contributed by atoms with E-state index in [2.05, 4.69) is 55.6 Å². The van der Waals surface area contributed by atoms with Crippen molar-refractivity contribution in [3.8, 4) is 0 Å². The number of aliphatic hydroxyl groups is 5. The third-order valence-electron chi connectivity index (χ3n) is 16.2. The van der Waals surface area contributed by atoms with Crippen LogP contribution >= 0.6 is 0 Å². The number of ether oxygens (including phenoxy) is 3. The van der Waals surface area contributed by atoms with E-state index in [9.17, 15) is 35.1 Å². The van der Waals surface area contributed by atoms with Crippen LogP contribution in [0, 0.1) is 0 Å². The first-order valence-corrected chi connectivity index (χ1v) is 34.4. The molecule has 0 spiro atoms. The minimum atomic E-state index is -1.57. The number of rotatable bonds is 60. The molecule has 0 aromatic heterocycles. The van der Waals surface area contributed by atoms with Crippen molar-refractivity contribution in [1.29, 1.82) is 0 Å². The van der Waals surface area contributed by atoms with E-state index in [1.54, 1.807) is 6.08 Å². The SMILES string of the molecule is CCCC/C=C\CCCCCCCC(=O)OCCCCCCCCCCC/C=C\C/C=C\CCCCCCCCCCCCCC(=O)NC(COC1OC(CO)C(O)C(O)C1O)C(O)/C=C/CCCCCCCCCCCCCCC. The molecular weight excluding hydrogens is 1010 g/mol. The number of carbonyl (C=O) groups excluding carboxylic acids is 2. The van der Waals surface area contributed by atoms with Crippen LogP contribution in [0.25, 0.3) is 0 Å². The van der Waals surface area contributed by atoms with Gasteiger partial charge in [-0.2, -0.15) is 0 Å². The Balaban J connectivity index is 2.04. The molecule has 1 rings (SSSR count). The largest absolute Gasteiger partial charge is 0.466 e. The molecule has 7 atom stereocenters. The van der Waals surface area contributed by atoms with Crippen molar-refractivity contribution < 1.29 is 49.3 Å². The molecule has 0 aromatic rings. The first-order valence-electron chi connectivity index (χ1n) is 34.4. The fourth-order valence-electron chi connectivity index (χ4n) is 10.7. The molecule has 1 heterocycles. The van der Waals surface area contributed by atoms with Crippen molar-refractivity contribution in [2.24, 2.45) is 0 Å². The number of hydrogen-bond donors (Lipinski definition) is 6. The van der Waals surface area contributed by atoms with Gasteiger partial charge in [0.2, 0.25) is 5.91 Å². The summed E-state index contributed by atoms with van der Waals surface area (Å²) in [5.41, 5.74) is 0. The average molecular weight is 1140 g/mol. The zero-order valence-electron chi connectivity index (χ0n) is 52.5. The Hall–Kier alpha value is -2.38. The standard InChI is InChI=1S/C70H129NO10/c1-3-5-7-9-11-13-15-16-30-33-37-40-44-48-52-56-63(73)62(61-80-70-69(78)68(77)67(76)64(60-72)81-70)71-65(74)57-53-49-45-41-38-34-31-28-26-24-22-20-18-17-19-21-23-25-27-29-32-35-39-43-47-51-55-59-79-66(75)58-54-50-46-42-36-14-12-10-8-6-4-2/h10,12,17-18,21,23,52,56,62-64,67-70,72-73,76-78H,3-9,11,13-16,19-20,22,24-51,53-55,57-61H2,1-2H3,(H,71,74)/b12-10-,18-17-,23-21-,56-52+. The lowest BCUT2D eigenvalue weighted by molar-refractivity contribution is -0.302. The molecular formula is C70H129NO10. The lowest BCUT2D eigenvalue weighted by Gasteiger charge is -2.40. The molecule has 7 unspecified atom stereocenters. The van der Waals surface area contributed by atoms with Crippen LogP contribution in [0.1, 0.15) is 322 Å². The van der Waals surface area contributed by atoms with Crippen molar-refractivity contribution in [2.45, 2.75) is 365 Å². The number of amides is 1. The van der Waals surface area contributed by atoms with E-state index < -0.39 is 49.5 Å². The highest BCUT2D eigenvalue weighted by molar-refractivity contribution is 5.76. The van der Waals surface area contributed by atoms with Crippen molar-refractivity contribution in [3.63, 3.8) is 0 Å². The molecule has 1 amide bonds. The maximum Gasteiger partial charge on any atom is 0.305 e. The van der Waals surface area contributed by atoms with Crippen LogP contribution in [-0.4, -0.2) is 100 Å². The summed E-state index contributed by atoms with van der Waals surface area (Å²) in [6.45, 7) is 4.33. The fourth-order valence-corrected chi connectivity index (χ4v) is 10.7. The number of esters is 1. The average Bonchev–Trinajstić information content (AvgIpc) is 3.51. The Morgan fingerprint density at radius 3 is 1.30 bits per heavy atom. The Labute approximate surface area is 497 Å². The molecule has 1 saturated heterocycles. The van der Waals surface area contributed by atoms with Gasteiger partial charge in [0.25, 0.3) is 0 Å². The predicted octanol–water partition coefficient (Wildman–Crippen LogP) is 17.2. The van der Waals surface area contributed by atoms with Gasteiger partial charge >= 0.3 is 5.97 Å². The lowest BCUT2D eigenvalue weighted by Crippen LogP contribution is -2.60. The summed E-state index contributed by atoms with van der Waals surface area (Å²) < 4.78 is 16.7. The highest BCUT2D eigenvalue weighted by Crippen LogP contribution is 2.23. The Morgan fingerprint density at radius 2 is 0.840 bits per heavy atom. The minimum Gasteiger partial charge on any atom is -0.466 e. The zero-order chi connectivity index (χ0) is 58.7. The molecule has 1 fully saturated rings. The summed E-state index contributed by atoms with van der Waals surface area (Å²) in [7, 11) is 0. The molecule has 474 valence electrons. The van der Waals surface area contributed by atoms with E-state index in [1.165, 1.54) is 225 Å². The second-order valence-corrected chi connectivity index (χ2v) is 23.9. The molecule has 11 heteroatoms. The van der Waals surface area contributed by atoms with Crippen LogP contribution in [0.2, 0.25) is 0 Å². The Kier molecular flexibility index (Phi) is 56.2. The first kappa shape index (κ1) is 76.6. The third kappa shape index (κ3) is 48.5. The van der Waals surface area contributed by atoms with E-state index in [4.69, 9.17) is 14.2 Å². The van der Waals surface area contributed by atoms with E-state index in [0.29, 0.717) is 19.4 Å². The van der Waals surface area contributed by atoms with Crippen LogP contribution in [0.15, 0.2) is 48.6 Å². The van der Waals surface area contributed by atoms with E-state index in [0.717, 1.165) is 70.6 Å². The summed E-state index contributed by atoms with van der Waals surface area (Å²) in [4.78, 5) is 25.1. The van der Waals surface area contributed by atoms with Gasteiger partial charge in [-0.25, -0.2) is 0 Å². The zero-order valence-corrected chi connectivity index (χ0v) is 52.5. The van der Waals surface area contributed by atoms with Crippen LogP contribution in [0.5, 0.6) is 0 Å². The second kappa shape index (κ2) is 59.4. The molecule has 0 radical (unpaired) electrons. The van der Waals surface area contributed by atoms with E-state index in [1.807, 2.05) is 6.08 Å². The van der Waals surface area contributed by atoms with Crippen molar-refractivity contribution in [3.05, 3.63) is 48.6 Å². The summed E-state index contributed by atoms with van der Waals surface area (Å²) in [5, 5.41) is 54.6. The van der Waals surface area contributed by atoms with Gasteiger partial charge in [0, 0.05) is 12.8 Å². The lowest BCUT2D eigenvalue weighted by atomic mass is 9.99. The van der Waals surface area contributed by atoms with Gasteiger partial charge in [-0.15, -0.1) is 0 Å². The number of hydrogen-bond acceptors (Lipinski definition) is 10. The van der Waals surface area contributed by atoms with E-state index >= 15 is 0 Å². The Morgan fingerprint density at radius 1 is 0.457 bits per heavy atom. The molecule has 0 aromatic carbocycles. The molecule has 6 N–H and O–H groups in total.